The summed E-state index contributed by atoms with van der Waals surface area (Å²) in [5, 5.41) is 8.79. The van der Waals surface area contributed by atoms with Crippen LogP contribution in [0.15, 0.2) is 35.6 Å². The van der Waals surface area contributed by atoms with Crippen molar-refractivity contribution in [1.29, 1.82) is 0 Å². The van der Waals surface area contributed by atoms with Crippen molar-refractivity contribution in [3.8, 4) is 0 Å². The topological polar surface area (TPSA) is 83.4 Å². The molecule has 1 aliphatic heterocycles. The molecule has 2 atom stereocenters. The van der Waals surface area contributed by atoms with Crippen LogP contribution in [0, 0.1) is 5.82 Å². The Morgan fingerprint density at radius 1 is 1.28 bits per heavy atom. The molecular formula is C20H16ClF4N3O3S. The van der Waals surface area contributed by atoms with E-state index in [9.17, 15) is 32.3 Å². The van der Waals surface area contributed by atoms with E-state index in [1.54, 1.807) is 0 Å². The summed E-state index contributed by atoms with van der Waals surface area (Å²) in [6.07, 6.45) is -1.67. The molecule has 0 aromatic carbocycles. The van der Waals surface area contributed by atoms with Crippen LogP contribution in [0.2, 0.25) is 5.02 Å². The predicted octanol–water partition coefficient (Wildman–Crippen LogP) is 4.17. The highest BCUT2D eigenvalue weighted by Gasteiger charge is 2.58. The van der Waals surface area contributed by atoms with Gasteiger partial charge >= 0.3 is 12.1 Å². The number of pyridine rings is 2. The number of nitrogens with zero attached hydrogens (tertiary/aromatic N) is 3. The molecule has 170 valence electrons. The number of carboxylic acid groups (broad SMARTS) is 1. The zero-order valence-electron chi connectivity index (χ0n) is 16.3. The van der Waals surface area contributed by atoms with E-state index < -0.39 is 46.1 Å². The number of aliphatic carboxylic acids is 1. The Bertz CT molecular complexity index is 1080. The number of halogens is 5. The van der Waals surface area contributed by atoms with Crippen molar-refractivity contribution in [1.82, 2.24) is 14.9 Å². The molecule has 2 aromatic heterocycles. The number of hydrogen-bond donors (Lipinski definition) is 1. The fourth-order valence-corrected chi connectivity index (χ4v) is 5.32. The second kappa shape index (κ2) is 8.18. The van der Waals surface area contributed by atoms with Gasteiger partial charge in [0.05, 0.1) is 21.7 Å². The minimum absolute atomic E-state index is 0.0615. The SMILES string of the molecule is O=C(O)[C@@H]1C[C@@H](Sc2ncccc2C(F)(F)F)CN1C(=O)C1(c2ncc(Cl)cc2F)CC1. The first-order valence-corrected chi connectivity index (χ1v) is 10.8. The normalized spacial score (nSPS) is 22.1. The van der Waals surface area contributed by atoms with Gasteiger partial charge < -0.3 is 10.0 Å². The zero-order chi connectivity index (χ0) is 23.3. The van der Waals surface area contributed by atoms with E-state index in [2.05, 4.69) is 9.97 Å². The first kappa shape index (κ1) is 22.8. The average Bonchev–Trinajstić information content (AvgIpc) is 3.40. The summed E-state index contributed by atoms with van der Waals surface area (Å²) in [5.41, 5.74) is -2.31. The monoisotopic (exact) mass is 489 g/mol. The number of carbonyl (C=O) groups is 2. The van der Waals surface area contributed by atoms with Crippen molar-refractivity contribution < 1.29 is 32.3 Å². The fraction of sp³-hybridized carbons (Fsp3) is 0.400. The fourth-order valence-electron chi connectivity index (χ4n) is 3.92. The van der Waals surface area contributed by atoms with Crippen LogP contribution in [-0.4, -0.2) is 49.7 Å². The van der Waals surface area contributed by atoms with Crippen molar-refractivity contribution in [2.24, 2.45) is 0 Å². The molecule has 2 aliphatic rings. The van der Waals surface area contributed by atoms with E-state index in [-0.39, 0.29) is 41.5 Å². The smallest absolute Gasteiger partial charge is 0.419 e. The molecule has 6 nitrogen and oxygen atoms in total. The van der Waals surface area contributed by atoms with Crippen molar-refractivity contribution >= 4 is 35.2 Å². The molecule has 2 aromatic rings. The number of carboxylic acids is 1. The van der Waals surface area contributed by atoms with Gasteiger partial charge in [0.2, 0.25) is 5.91 Å². The molecule has 1 saturated carbocycles. The molecule has 1 N–H and O–H groups in total. The van der Waals surface area contributed by atoms with E-state index in [0.717, 1.165) is 28.8 Å². The van der Waals surface area contributed by atoms with Crippen molar-refractivity contribution in [2.75, 3.05) is 6.54 Å². The van der Waals surface area contributed by atoms with Gasteiger partial charge in [-0.2, -0.15) is 13.2 Å². The van der Waals surface area contributed by atoms with Crippen molar-refractivity contribution in [2.45, 2.75) is 47.2 Å². The van der Waals surface area contributed by atoms with Crippen molar-refractivity contribution in [3.63, 3.8) is 0 Å². The molecule has 1 saturated heterocycles. The molecule has 0 spiro atoms. The lowest BCUT2D eigenvalue weighted by Gasteiger charge is -2.26. The second-order valence-electron chi connectivity index (χ2n) is 7.71. The van der Waals surface area contributed by atoms with E-state index in [1.807, 2.05) is 0 Å². The summed E-state index contributed by atoms with van der Waals surface area (Å²) in [5.74, 6) is -2.64. The predicted molar refractivity (Wildman–Crippen MR) is 107 cm³/mol. The standard InChI is InChI=1S/C20H16ClF4N3O3S/c21-10-6-13(22)15(27-8-10)19(3-4-19)18(31)28-9-11(7-14(28)17(29)30)32-16-12(20(23,24)25)2-1-5-26-16/h1-2,5-6,8,11,14H,3-4,7,9H2,(H,29,30)/t11-,14+/m1/s1. The zero-order valence-corrected chi connectivity index (χ0v) is 17.8. The van der Waals surface area contributed by atoms with E-state index in [0.29, 0.717) is 0 Å². The van der Waals surface area contributed by atoms with E-state index in [4.69, 9.17) is 11.6 Å². The molecule has 32 heavy (non-hydrogen) atoms. The number of likely N-dealkylation sites (tertiary alicyclic amines) is 1. The Hall–Kier alpha value is -2.40. The maximum Gasteiger partial charge on any atom is 0.419 e. The molecule has 1 aliphatic carbocycles. The van der Waals surface area contributed by atoms with Crippen LogP contribution in [0.4, 0.5) is 17.6 Å². The lowest BCUT2D eigenvalue weighted by atomic mass is 9.98. The summed E-state index contributed by atoms with van der Waals surface area (Å²) in [6, 6.07) is 1.86. The number of amides is 1. The van der Waals surface area contributed by atoms with Gasteiger partial charge in [-0.3, -0.25) is 9.78 Å². The molecule has 0 radical (unpaired) electrons. The largest absolute Gasteiger partial charge is 0.480 e. The molecule has 0 bridgehead atoms. The van der Waals surface area contributed by atoms with Gasteiger partial charge in [-0.1, -0.05) is 11.6 Å². The van der Waals surface area contributed by atoms with Crippen LogP contribution >= 0.6 is 23.4 Å². The van der Waals surface area contributed by atoms with E-state index in [1.165, 1.54) is 18.5 Å². The number of alkyl halides is 3. The number of thioether (sulfide) groups is 1. The summed E-state index contributed by atoms with van der Waals surface area (Å²) < 4.78 is 54.3. The second-order valence-corrected chi connectivity index (χ2v) is 9.43. The summed E-state index contributed by atoms with van der Waals surface area (Å²) in [7, 11) is 0. The maximum absolute atomic E-state index is 14.5. The minimum Gasteiger partial charge on any atom is -0.480 e. The van der Waals surface area contributed by atoms with Gasteiger partial charge in [0, 0.05) is 24.2 Å². The van der Waals surface area contributed by atoms with Gasteiger partial charge in [0.25, 0.3) is 0 Å². The third-order valence-corrected chi connectivity index (χ3v) is 7.01. The number of hydrogen-bond acceptors (Lipinski definition) is 5. The highest BCUT2D eigenvalue weighted by molar-refractivity contribution is 8.00. The van der Waals surface area contributed by atoms with Gasteiger partial charge in [0.15, 0.2) is 0 Å². The molecule has 0 unspecified atom stereocenters. The lowest BCUT2D eigenvalue weighted by Crippen LogP contribution is -2.46. The van der Waals surface area contributed by atoms with Gasteiger partial charge in [0.1, 0.15) is 16.9 Å². The first-order valence-electron chi connectivity index (χ1n) is 9.57. The minimum atomic E-state index is -4.62. The molecule has 1 amide bonds. The van der Waals surface area contributed by atoms with Crippen LogP contribution < -0.4 is 0 Å². The highest BCUT2D eigenvalue weighted by Crippen LogP contribution is 2.51. The Kier molecular flexibility index (Phi) is 5.83. The molecule has 2 fully saturated rings. The van der Waals surface area contributed by atoms with Crippen LogP contribution in [0.3, 0.4) is 0 Å². The van der Waals surface area contributed by atoms with Crippen LogP contribution in [0.1, 0.15) is 30.5 Å². The summed E-state index contributed by atoms with van der Waals surface area (Å²) in [6.45, 7) is -0.106. The van der Waals surface area contributed by atoms with Crippen LogP contribution in [-0.2, 0) is 21.2 Å². The molecule has 12 heteroatoms. The number of aromatic nitrogens is 2. The molecule has 3 heterocycles. The van der Waals surface area contributed by atoms with Gasteiger partial charge in [-0.25, -0.2) is 14.2 Å². The molecule has 4 rings (SSSR count). The summed E-state index contributed by atoms with van der Waals surface area (Å²) >= 11 is 6.52. The maximum atomic E-state index is 14.5. The van der Waals surface area contributed by atoms with Crippen LogP contribution in [0.25, 0.3) is 0 Å². The Balaban J connectivity index is 1.59. The Morgan fingerprint density at radius 2 is 2.00 bits per heavy atom. The molecular weight excluding hydrogens is 474 g/mol. The summed E-state index contributed by atoms with van der Waals surface area (Å²) in [4.78, 5) is 34.0. The lowest BCUT2D eigenvalue weighted by molar-refractivity contribution is -0.149. The first-order chi connectivity index (χ1) is 15.0. The number of carbonyl (C=O) groups excluding carboxylic acids is 1. The van der Waals surface area contributed by atoms with Gasteiger partial charge in [-0.05, 0) is 37.5 Å². The Labute approximate surface area is 189 Å². The quantitative estimate of drug-likeness (QED) is 0.635. The average molecular weight is 490 g/mol. The van der Waals surface area contributed by atoms with Crippen molar-refractivity contribution in [3.05, 3.63) is 52.7 Å². The number of rotatable bonds is 5. The Morgan fingerprint density at radius 3 is 2.59 bits per heavy atom. The van der Waals surface area contributed by atoms with Gasteiger partial charge in [-0.15, -0.1) is 11.8 Å². The highest BCUT2D eigenvalue weighted by atomic mass is 35.5. The third-order valence-electron chi connectivity index (χ3n) is 5.58. The van der Waals surface area contributed by atoms with Crippen LogP contribution in [0.5, 0.6) is 0 Å². The van der Waals surface area contributed by atoms with E-state index >= 15 is 0 Å². The third kappa shape index (κ3) is 4.15.